The van der Waals surface area contributed by atoms with Gasteiger partial charge in [0.15, 0.2) is 0 Å². The predicted octanol–water partition coefficient (Wildman–Crippen LogP) is 4.82. The molecule has 0 aliphatic carbocycles. The Morgan fingerprint density at radius 3 is 2.44 bits per heavy atom. The van der Waals surface area contributed by atoms with Crippen LogP contribution < -0.4 is 16.6 Å². The summed E-state index contributed by atoms with van der Waals surface area (Å²) in [6.07, 6.45) is 0. The molecule has 7 heteroatoms. The zero-order valence-corrected chi connectivity index (χ0v) is 15.2. The topological polar surface area (TPSA) is 80.0 Å². The second-order valence-electron chi connectivity index (χ2n) is 5.69. The monoisotopic (exact) mass is 374 g/mol. The number of amides is 2. The number of nitrogens with zero attached hydrogens (tertiary/aromatic N) is 1. The van der Waals surface area contributed by atoms with E-state index in [1.807, 2.05) is 32.0 Å². The largest absolute Gasteiger partial charge is 0.334 e. The van der Waals surface area contributed by atoms with Crippen LogP contribution in [0.15, 0.2) is 36.4 Å². The summed E-state index contributed by atoms with van der Waals surface area (Å²) >= 11 is 12.3. The highest BCUT2D eigenvalue weighted by atomic mass is 35.5. The van der Waals surface area contributed by atoms with Crippen molar-refractivity contribution in [3.8, 4) is 11.1 Å². The molecule has 3 rings (SSSR count). The van der Waals surface area contributed by atoms with Gasteiger partial charge in [0, 0.05) is 21.0 Å². The first-order valence-electron chi connectivity index (χ1n) is 7.54. The van der Waals surface area contributed by atoms with Gasteiger partial charge in [-0.3, -0.25) is 10.7 Å². The molecule has 0 atom stereocenters. The SMILES string of the molecule is Cc1c(-c2cc(Cl)cc(Cl)c2)c(NC(=O)NN)nc2c(C)cccc12. The number of fused-ring (bicyclic) bond motifs is 1. The third-order valence-corrected chi connectivity index (χ3v) is 4.43. The van der Waals surface area contributed by atoms with Gasteiger partial charge in [-0.15, -0.1) is 0 Å². The maximum absolute atomic E-state index is 11.8. The van der Waals surface area contributed by atoms with Crippen molar-refractivity contribution < 1.29 is 4.79 Å². The van der Waals surface area contributed by atoms with E-state index in [0.717, 1.165) is 33.2 Å². The Labute approximate surface area is 155 Å². The van der Waals surface area contributed by atoms with E-state index < -0.39 is 6.03 Å². The molecule has 1 heterocycles. The lowest BCUT2D eigenvalue weighted by Crippen LogP contribution is -2.34. The summed E-state index contributed by atoms with van der Waals surface area (Å²) in [6.45, 7) is 3.94. The van der Waals surface area contributed by atoms with Gasteiger partial charge < -0.3 is 0 Å². The van der Waals surface area contributed by atoms with E-state index in [4.69, 9.17) is 29.0 Å². The first-order valence-corrected chi connectivity index (χ1v) is 8.30. The fourth-order valence-electron chi connectivity index (χ4n) is 2.88. The number of carbonyl (C=O) groups excluding carboxylic acids is 1. The number of carbonyl (C=O) groups is 1. The fraction of sp³-hybridized carbons (Fsp3) is 0.111. The Bertz CT molecular complexity index is 968. The molecular formula is C18H16Cl2N4O. The summed E-state index contributed by atoms with van der Waals surface area (Å²) < 4.78 is 0. The molecule has 0 unspecified atom stereocenters. The lowest BCUT2D eigenvalue weighted by atomic mass is 9.96. The van der Waals surface area contributed by atoms with E-state index in [0.29, 0.717) is 15.9 Å². The van der Waals surface area contributed by atoms with Crippen molar-refractivity contribution in [1.29, 1.82) is 0 Å². The number of nitrogens with two attached hydrogens (primary N) is 1. The molecule has 5 nitrogen and oxygen atoms in total. The number of halogens is 2. The van der Waals surface area contributed by atoms with E-state index in [1.165, 1.54) is 0 Å². The molecule has 128 valence electrons. The molecule has 0 spiro atoms. The first kappa shape index (κ1) is 17.5. The van der Waals surface area contributed by atoms with E-state index in [-0.39, 0.29) is 0 Å². The van der Waals surface area contributed by atoms with Crippen molar-refractivity contribution in [3.05, 3.63) is 57.6 Å². The van der Waals surface area contributed by atoms with Crippen molar-refractivity contribution in [2.24, 2.45) is 5.84 Å². The summed E-state index contributed by atoms with van der Waals surface area (Å²) in [7, 11) is 0. The Balaban J connectivity index is 2.36. The number of anilines is 1. The molecule has 0 aliphatic rings. The average Bonchev–Trinajstić information content (AvgIpc) is 2.55. The standard InChI is InChI=1S/C18H16Cl2N4O/c1-9-4-3-5-14-10(2)15(11-6-12(19)8-13(20)7-11)17(22-16(9)14)23-18(25)24-21/h3-8H,21H2,1-2H3,(H2,22,23,24,25). The van der Waals surface area contributed by atoms with Crippen LogP contribution in [-0.4, -0.2) is 11.0 Å². The third-order valence-electron chi connectivity index (χ3n) is 3.99. The number of urea groups is 1. The number of aryl methyl sites for hydroxylation is 2. The zero-order chi connectivity index (χ0) is 18.1. The highest BCUT2D eigenvalue weighted by Crippen LogP contribution is 2.37. The van der Waals surface area contributed by atoms with Gasteiger partial charge in [0.05, 0.1) is 5.52 Å². The summed E-state index contributed by atoms with van der Waals surface area (Å²) in [4.78, 5) is 16.4. The summed E-state index contributed by atoms with van der Waals surface area (Å²) in [5.41, 5.74) is 6.33. The first-order chi connectivity index (χ1) is 11.9. The summed E-state index contributed by atoms with van der Waals surface area (Å²) in [5.74, 6) is 5.59. The highest BCUT2D eigenvalue weighted by molar-refractivity contribution is 6.35. The van der Waals surface area contributed by atoms with Gasteiger partial charge in [-0.2, -0.15) is 0 Å². The Kier molecular flexibility index (Phi) is 4.81. The number of aromatic nitrogens is 1. The number of hydrogen-bond donors (Lipinski definition) is 3. The van der Waals surface area contributed by atoms with Crippen LogP contribution in [0.5, 0.6) is 0 Å². The van der Waals surface area contributed by atoms with Crippen LogP contribution >= 0.6 is 23.2 Å². The number of para-hydroxylation sites is 1. The molecular weight excluding hydrogens is 359 g/mol. The number of pyridine rings is 1. The molecule has 0 radical (unpaired) electrons. The smallest absolute Gasteiger partial charge is 0.291 e. The van der Waals surface area contributed by atoms with Crippen LogP contribution in [0, 0.1) is 13.8 Å². The molecule has 1 aromatic heterocycles. The summed E-state index contributed by atoms with van der Waals surface area (Å²) in [5, 5.41) is 4.68. The highest BCUT2D eigenvalue weighted by Gasteiger charge is 2.17. The minimum absolute atomic E-state index is 0.389. The normalized spacial score (nSPS) is 10.8. The van der Waals surface area contributed by atoms with Crippen molar-refractivity contribution >= 4 is 46.0 Å². The molecule has 0 bridgehead atoms. The van der Waals surface area contributed by atoms with Crippen LogP contribution in [0.1, 0.15) is 11.1 Å². The van der Waals surface area contributed by atoms with Crippen molar-refractivity contribution in [2.45, 2.75) is 13.8 Å². The molecule has 0 fully saturated rings. The summed E-state index contributed by atoms with van der Waals surface area (Å²) in [6, 6.07) is 10.6. The fourth-order valence-corrected chi connectivity index (χ4v) is 3.40. The molecule has 0 saturated heterocycles. The van der Waals surface area contributed by atoms with Gasteiger partial charge in [-0.05, 0) is 48.7 Å². The molecule has 2 aromatic carbocycles. The maximum atomic E-state index is 11.8. The van der Waals surface area contributed by atoms with Gasteiger partial charge in [0.25, 0.3) is 0 Å². The molecule has 0 aliphatic heterocycles. The molecule has 25 heavy (non-hydrogen) atoms. The van der Waals surface area contributed by atoms with Gasteiger partial charge in [-0.25, -0.2) is 15.6 Å². The molecule has 2 amide bonds. The van der Waals surface area contributed by atoms with Crippen molar-refractivity contribution in [2.75, 3.05) is 5.32 Å². The lowest BCUT2D eigenvalue weighted by molar-refractivity contribution is 0.252. The number of rotatable bonds is 2. The van der Waals surface area contributed by atoms with Crippen LogP contribution in [0.25, 0.3) is 22.0 Å². The van der Waals surface area contributed by atoms with E-state index in [2.05, 4.69) is 15.7 Å². The van der Waals surface area contributed by atoms with E-state index in [9.17, 15) is 4.79 Å². The quantitative estimate of drug-likeness (QED) is 0.341. The van der Waals surface area contributed by atoms with Crippen LogP contribution in [0.4, 0.5) is 10.6 Å². The third kappa shape index (κ3) is 3.39. The van der Waals surface area contributed by atoms with Gasteiger partial charge in [-0.1, -0.05) is 41.4 Å². The number of hydrogen-bond acceptors (Lipinski definition) is 3. The van der Waals surface area contributed by atoms with E-state index >= 15 is 0 Å². The van der Waals surface area contributed by atoms with Crippen LogP contribution in [0.3, 0.4) is 0 Å². The van der Waals surface area contributed by atoms with Crippen molar-refractivity contribution in [3.63, 3.8) is 0 Å². The van der Waals surface area contributed by atoms with Gasteiger partial charge >= 0.3 is 6.03 Å². The maximum Gasteiger partial charge on any atom is 0.334 e. The minimum atomic E-state index is -0.561. The van der Waals surface area contributed by atoms with Crippen LogP contribution in [0.2, 0.25) is 10.0 Å². The minimum Gasteiger partial charge on any atom is -0.291 e. The van der Waals surface area contributed by atoms with Gasteiger partial charge in [0.1, 0.15) is 5.82 Å². The molecule has 0 saturated carbocycles. The molecule has 4 N–H and O–H groups in total. The Hall–Kier alpha value is -2.34. The lowest BCUT2D eigenvalue weighted by Gasteiger charge is -2.17. The Morgan fingerprint density at radius 1 is 1.12 bits per heavy atom. The number of nitrogens with one attached hydrogen (secondary N) is 2. The average molecular weight is 375 g/mol. The predicted molar refractivity (Wildman–Crippen MR) is 103 cm³/mol. The Morgan fingerprint density at radius 2 is 1.80 bits per heavy atom. The van der Waals surface area contributed by atoms with Crippen molar-refractivity contribution in [1.82, 2.24) is 10.4 Å². The van der Waals surface area contributed by atoms with Gasteiger partial charge in [0.2, 0.25) is 0 Å². The van der Waals surface area contributed by atoms with Crippen LogP contribution in [-0.2, 0) is 0 Å². The second-order valence-corrected chi connectivity index (χ2v) is 6.56. The van der Waals surface area contributed by atoms with E-state index in [1.54, 1.807) is 18.2 Å². The second kappa shape index (κ2) is 6.88. The number of benzene rings is 2. The molecule has 3 aromatic rings. The zero-order valence-electron chi connectivity index (χ0n) is 13.7. The number of hydrazine groups is 1.